The second kappa shape index (κ2) is 13.5. The lowest BCUT2D eigenvalue weighted by Crippen LogP contribution is -2.56. The molecule has 0 heterocycles. The highest BCUT2D eigenvalue weighted by atomic mass is 35.5. The van der Waals surface area contributed by atoms with Crippen molar-refractivity contribution >= 4 is 35.4 Å². The van der Waals surface area contributed by atoms with Crippen molar-refractivity contribution in [3.05, 3.63) is 35.9 Å². The van der Waals surface area contributed by atoms with Gasteiger partial charge in [-0.1, -0.05) is 51.1 Å². The van der Waals surface area contributed by atoms with Gasteiger partial charge in [-0.15, -0.1) is 11.6 Å². The number of amides is 4. The van der Waals surface area contributed by atoms with E-state index >= 15 is 0 Å². The van der Waals surface area contributed by atoms with Crippen molar-refractivity contribution in [2.75, 3.05) is 6.54 Å². The molecule has 9 nitrogen and oxygen atoms in total. The number of hydrogen-bond donors (Lipinski definition) is 3. The van der Waals surface area contributed by atoms with E-state index in [1.165, 1.54) is 0 Å². The molecule has 1 aromatic rings. The molecule has 31 heavy (non-hydrogen) atoms. The third-order valence-corrected chi connectivity index (χ3v) is 4.74. The molecule has 0 spiro atoms. The summed E-state index contributed by atoms with van der Waals surface area (Å²) in [6.45, 7) is 5.42. The van der Waals surface area contributed by atoms with Crippen molar-refractivity contribution < 1.29 is 23.9 Å². The fourth-order valence-corrected chi connectivity index (χ4v) is 2.73. The lowest BCUT2D eigenvalue weighted by atomic mass is 10.0. The maximum Gasteiger partial charge on any atom is 0.408 e. The van der Waals surface area contributed by atoms with Crippen LogP contribution >= 0.6 is 11.6 Å². The Balaban J connectivity index is 2.81. The molecule has 2 atom stereocenters. The molecule has 1 rings (SSSR count). The quantitative estimate of drug-likeness (QED) is 0.348. The van der Waals surface area contributed by atoms with E-state index in [4.69, 9.17) is 22.1 Å². The van der Waals surface area contributed by atoms with Gasteiger partial charge in [-0.2, -0.15) is 0 Å². The van der Waals surface area contributed by atoms with Gasteiger partial charge in [0.25, 0.3) is 11.8 Å². The van der Waals surface area contributed by atoms with E-state index in [9.17, 15) is 19.2 Å². The highest BCUT2D eigenvalue weighted by Crippen LogP contribution is 2.09. The van der Waals surface area contributed by atoms with Gasteiger partial charge < -0.3 is 15.8 Å². The summed E-state index contributed by atoms with van der Waals surface area (Å²) >= 11 is 6.01. The number of nitrogens with two attached hydrogens (primary N) is 1. The molecule has 0 aromatic heterocycles. The minimum atomic E-state index is -0.956. The summed E-state index contributed by atoms with van der Waals surface area (Å²) in [5.74, 6) is -1.75. The van der Waals surface area contributed by atoms with Crippen molar-refractivity contribution in [3.63, 3.8) is 0 Å². The van der Waals surface area contributed by atoms with Crippen molar-refractivity contribution in [1.82, 2.24) is 15.8 Å². The summed E-state index contributed by atoms with van der Waals surface area (Å²) < 4.78 is 5.18. The van der Waals surface area contributed by atoms with Crippen LogP contribution in [0.1, 0.15) is 45.6 Å². The Labute approximate surface area is 187 Å². The van der Waals surface area contributed by atoms with Crippen LogP contribution in [0.5, 0.6) is 0 Å². The maximum absolute atomic E-state index is 12.8. The largest absolute Gasteiger partial charge is 0.445 e. The Morgan fingerprint density at radius 1 is 1.16 bits per heavy atom. The van der Waals surface area contributed by atoms with Gasteiger partial charge in [-0.25, -0.2) is 4.79 Å². The lowest BCUT2D eigenvalue weighted by molar-refractivity contribution is -0.142. The number of alkyl carbamates (subject to hydrolysis) is 1. The molecule has 0 aliphatic rings. The lowest BCUT2D eigenvalue weighted by Gasteiger charge is -2.28. The molecule has 172 valence electrons. The van der Waals surface area contributed by atoms with Gasteiger partial charge in [0.15, 0.2) is 0 Å². The molecule has 1 unspecified atom stereocenters. The molecular formula is C21H31ClN4O5. The maximum atomic E-state index is 12.8. The Morgan fingerprint density at radius 3 is 2.35 bits per heavy atom. The molecule has 0 radical (unpaired) electrons. The third-order valence-electron chi connectivity index (χ3n) is 4.25. The fraction of sp³-hybridized carbons (Fsp3) is 0.524. The number of primary amides is 1. The van der Waals surface area contributed by atoms with Crippen LogP contribution in [-0.4, -0.2) is 46.8 Å². The molecule has 0 aliphatic heterocycles. The predicted octanol–water partition coefficient (Wildman–Crippen LogP) is 2.08. The number of carbonyl (C=O) groups is 4. The first-order valence-electron chi connectivity index (χ1n) is 10.1. The Kier molecular flexibility index (Phi) is 11.4. The highest BCUT2D eigenvalue weighted by Gasteiger charge is 2.28. The molecule has 1 aromatic carbocycles. The van der Waals surface area contributed by atoms with Gasteiger partial charge in [0.05, 0.1) is 6.54 Å². The van der Waals surface area contributed by atoms with E-state index in [0.29, 0.717) is 12.8 Å². The second-order valence-electron chi connectivity index (χ2n) is 7.45. The average Bonchev–Trinajstić information content (AvgIpc) is 2.73. The molecule has 4 N–H and O–H groups in total. The second-order valence-corrected chi connectivity index (χ2v) is 7.97. The number of ether oxygens (including phenoxy) is 1. The van der Waals surface area contributed by atoms with E-state index in [-0.39, 0.29) is 25.5 Å². The van der Waals surface area contributed by atoms with Crippen molar-refractivity contribution in [2.24, 2.45) is 11.7 Å². The van der Waals surface area contributed by atoms with E-state index < -0.39 is 35.2 Å². The van der Waals surface area contributed by atoms with Gasteiger partial charge >= 0.3 is 6.09 Å². The van der Waals surface area contributed by atoms with E-state index in [2.05, 4.69) is 10.7 Å². The van der Waals surface area contributed by atoms with Crippen molar-refractivity contribution in [1.29, 1.82) is 0 Å². The van der Waals surface area contributed by atoms with Crippen LogP contribution in [0.4, 0.5) is 4.79 Å². The topological polar surface area (TPSA) is 131 Å². The van der Waals surface area contributed by atoms with E-state index in [1.54, 1.807) is 6.92 Å². The first kappa shape index (κ1) is 26.2. The summed E-state index contributed by atoms with van der Waals surface area (Å²) in [6.07, 6.45) is -0.269. The number of nitrogens with zero attached hydrogens (tertiary/aromatic N) is 1. The van der Waals surface area contributed by atoms with Gasteiger partial charge in [0.2, 0.25) is 5.91 Å². The standard InChI is InChI=1S/C21H31ClN4O5/c1-4-16(22)20(29)26(11-10-18(23)27)25-19(28)17(12-14(2)3)24-21(30)31-13-15-8-6-5-7-9-15/h5-9,14,16-17H,4,10-13H2,1-3H3,(H2,23,27)(H,24,30)(H,25,28)/t16?,17-/m0/s1. The minimum Gasteiger partial charge on any atom is -0.445 e. The molecule has 0 fully saturated rings. The van der Waals surface area contributed by atoms with Crippen LogP contribution in [0.3, 0.4) is 0 Å². The van der Waals surface area contributed by atoms with Crippen LogP contribution in [-0.2, 0) is 25.7 Å². The van der Waals surface area contributed by atoms with Crippen LogP contribution in [0.2, 0.25) is 0 Å². The molecule has 4 amide bonds. The van der Waals surface area contributed by atoms with Crippen molar-refractivity contribution in [3.8, 4) is 0 Å². The number of hydrazine groups is 1. The SMILES string of the molecule is CCC(Cl)C(=O)N(CCC(N)=O)NC(=O)[C@H](CC(C)C)NC(=O)OCc1ccccc1. The van der Waals surface area contributed by atoms with Crippen LogP contribution < -0.4 is 16.5 Å². The monoisotopic (exact) mass is 454 g/mol. The molecule has 0 bridgehead atoms. The zero-order valence-electron chi connectivity index (χ0n) is 18.1. The van der Waals surface area contributed by atoms with Crippen LogP contribution in [0.25, 0.3) is 0 Å². The number of carbonyl (C=O) groups excluding carboxylic acids is 4. The highest BCUT2D eigenvalue weighted by molar-refractivity contribution is 6.30. The van der Waals surface area contributed by atoms with E-state index in [0.717, 1.165) is 10.6 Å². The molecular weight excluding hydrogens is 424 g/mol. The number of benzene rings is 1. The van der Waals surface area contributed by atoms with Crippen LogP contribution in [0.15, 0.2) is 30.3 Å². The average molecular weight is 455 g/mol. The van der Waals surface area contributed by atoms with Gasteiger partial charge in [0.1, 0.15) is 18.0 Å². The summed E-state index contributed by atoms with van der Waals surface area (Å²) in [6, 6.07) is 8.16. The summed E-state index contributed by atoms with van der Waals surface area (Å²) in [5.41, 5.74) is 8.42. The third kappa shape index (κ3) is 10.2. The Morgan fingerprint density at radius 2 is 1.81 bits per heavy atom. The van der Waals surface area contributed by atoms with Gasteiger partial charge in [0, 0.05) is 6.42 Å². The molecule has 0 saturated heterocycles. The number of hydrogen-bond acceptors (Lipinski definition) is 5. The summed E-state index contributed by atoms with van der Waals surface area (Å²) in [5, 5.41) is 2.63. The zero-order chi connectivity index (χ0) is 23.4. The van der Waals surface area contributed by atoms with E-state index in [1.807, 2.05) is 44.2 Å². The van der Waals surface area contributed by atoms with Crippen molar-refractivity contribution in [2.45, 2.75) is 58.1 Å². The van der Waals surface area contributed by atoms with Gasteiger partial charge in [-0.05, 0) is 24.3 Å². The normalized spacial score (nSPS) is 12.5. The summed E-state index contributed by atoms with van der Waals surface area (Å²) in [7, 11) is 0. The number of alkyl halides is 1. The summed E-state index contributed by atoms with van der Waals surface area (Å²) in [4.78, 5) is 48.6. The number of nitrogens with one attached hydrogen (secondary N) is 2. The first-order valence-corrected chi connectivity index (χ1v) is 10.6. The zero-order valence-corrected chi connectivity index (χ0v) is 18.9. The minimum absolute atomic E-state index is 0.0519. The Hall–Kier alpha value is -2.81. The predicted molar refractivity (Wildman–Crippen MR) is 117 cm³/mol. The van der Waals surface area contributed by atoms with Gasteiger partial charge in [-0.3, -0.25) is 24.8 Å². The van der Waals surface area contributed by atoms with Crippen LogP contribution in [0, 0.1) is 5.92 Å². The molecule has 10 heteroatoms. The Bertz CT molecular complexity index is 745. The molecule has 0 aliphatic carbocycles. The number of rotatable bonds is 11. The molecule has 0 saturated carbocycles. The smallest absolute Gasteiger partial charge is 0.408 e. The number of halogens is 1. The fourth-order valence-electron chi connectivity index (χ4n) is 2.61. The first-order chi connectivity index (χ1) is 14.6.